The Hall–Kier alpha value is -2.18. The molecule has 0 bridgehead atoms. The van der Waals surface area contributed by atoms with Crippen LogP contribution >= 0.6 is 0 Å². The fourth-order valence-electron chi connectivity index (χ4n) is 1.55. The summed E-state index contributed by atoms with van der Waals surface area (Å²) in [5, 5.41) is 11.0. The van der Waals surface area contributed by atoms with Gasteiger partial charge < -0.3 is 15.3 Å². The van der Waals surface area contributed by atoms with Crippen LogP contribution in [-0.2, 0) is 11.2 Å². The van der Waals surface area contributed by atoms with Gasteiger partial charge in [-0.15, -0.1) is 0 Å². The summed E-state index contributed by atoms with van der Waals surface area (Å²) in [5.41, 5.74) is 0.179. The number of hydrogen-bond donors (Lipinski definition) is 2. The number of rotatable bonds is 6. The lowest BCUT2D eigenvalue weighted by Gasteiger charge is -2.16. The first-order valence-electron chi connectivity index (χ1n) is 6.05. The maximum absolute atomic E-state index is 13.3. The molecule has 0 fully saturated rings. The SMILES string of the molecule is CN(CCC(=O)O)C(=O)NCCc1cccc(F)c1F. The lowest BCUT2D eigenvalue weighted by molar-refractivity contribution is -0.137. The monoisotopic (exact) mass is 286 g/mol. The summed E-state index contributed by atoms with van der Waals surface area (Å²) in [6.45, 7) is 0.214. The van der Waals surface area contributed by atoms with Gasteiger partial charge in [0.1, 0.15) is 0 Å². The number of urea groups is 1. The third kappa shape index (κ3) is 4.83. The maximum Gasteiger partial charge on any atom is 0.317 e. The number of carbonyl (C=O) groups is 2. The van der Waals surface area contributed by atoms with Gasteiger partial charge in [-0.05, 0) is 18.1 Å². The van der Waals surface area contributed by atoms with Crippen LogP contribution < -0.4 is 5.32 Å². The summed E-state index contributed by atoms with van der Waals surface area (Å²) in [6.07, 6.45) is 0.00451. The Morgan fingerprint density at radius 2 is 2.05 bits per heavy atom. The van der Waals surface area contributed by atoms with E-state index in [1.165, 1.54) is 24.1 Å². The summed E-state index contributed by atoms with van der Waals surface area (Å²) in [7, 11) is 1.46. The van der Waals surface area contributed by atoms with E-state index in [9.17, 15) is 18.4 Å². The largest absolute Gasteiger partial charge is 0.481 e. The molecular weight excluding hydrogens is 270 g/mol. The van der Waals surface area contributed by atoms with E-state index >= 15 is 0 Å². The molecule has 0 unspecified atom stereocenters. The zero-order chi connectivity index (χ0) is 15.1. The number of nitrogens with zero attached hydrogens (tertiary/aromatic N) is 1. The lowest BCUT2D eigenvalue weighted by atomic mass is 10.1. The smallest absolute Gasteiger partial charge is 0.317 e. The summed E-state index contributed by atoms with van der Waals surface area (Å²) in [5.74, 6) is -2.83. The van der Waals surface area contributed by atoms with Crippen LogP contribution in [0.2, 0.25) is 0 Å². The van der Waals surface area contributed by atoms with Crippen molar-refractivity contribution >= 4 is 12.0 Å². The molecule has 0 aliphatic carbocycles. The molecule has 7 heteroatoms. The molecule has 110 valence electrons. The third-order valence-corrected chi connectivity index (χ3v) is 2.71. The number of benzene rings is 1. The van der Waals surface area contributed by atoms with Crippen LogP contribution in [0.25, 0.3) is 0 Å². The standard InChI is InChI=1S/C13H16F2N2O3/c1-17(8-6-11(18)19)13(20)16-7-5-9-3-2-4-10(14)12(9)15/h2-4H,5-8H2,1H3,(H,16,20)(H,18,19). The van der Waals surface area contributed by atoms with Crippen molar-refractivity contribution in [3.8, 4) is 0 Å². The van der Waals surface area contributed by atoms with Crippen LogP contribution in [0.1, 0.15) is 12.0 Å². The number of carboxylic acid groups (broad SMARTS) is 1. The molecule has 20 heavy (non-hydrogen) atoms. The molecule has 0 saturated heterocycles. The van der Waals surface area contributed by atoms with E-state index in [1.54, 1.807) is 0 Å². The molecule has 2 N–H and O–H groups in total. The fourth-order valence-corrected chi connectivity index (χ4v) is 1.55. The number of halogens is 2. The van der Waals surface area contributed by atoms with Crippen LogP contribution in [0.15, 0.2) is 18.2 Å². The van der Waals surface area contributed by atoms with Crippen molar-refractivity contribution in [3.63, 3.8) is 0 Å². The van der Waals surface area contributed by atoms with Gasteiger partial charge in [-0.25, -0.2) is 13.6 Å². The van der Waals surface area contributed by atoms with E-state index in [0.29, 0.717) is 0 Å². The Bertz CT molecular complexity index is 495. The maximum atomic E-state index is 13.3. The first-order valence-corrected chi connectivity index (χ1v) is 6.05. The highest BCUT2D eigenvalue weighted by Crippen LogP contribution is 2.11. The highest BCUT2D eigenvalue weighted by molar-refractivity contribution is 5.74. The van der Waals surface area contributed by atoms with Crippen LogP contribution in [0, 0.1) is 11.6 Å². The number of nitrogens with one attached hydrogen (secondary N) is 1. The second-order valence-electron chi connectivity index (χ2n) is 4.26. The van der Waals surface area contributed by atoms with Crippen molar-refractivity contribution in [2.24, 2.45) is 0 Å². The Labute approximate surface area is 115 Å². The predicted molar refractivity (Wildman–Crippen MR) is 68.3 cm³/mol. The van der Waals surface area contributed by atoms with Gasteiger partial charge in [-0.1, -0.05) is 12.1 Å². The molecule has 2 amide bonds. The minimum atomic E-state index is -0.994. The average Bonchev–Trinajstić information content (AvgIpc) is 2.40. The number of hydrogen-bond acceptors (Lipinski definition) is 2. The highest BCUT2D eigenvalue weighted by atomic mass is 19.2. The van der Waals surface area contributed by atoms with Crippen LogP contribution in [-0.4, -0.2) is 42.1 Å². The van der Waals surface area contributed by atoms with Crippen molar-refractivity contribution in [2.75, 3.05) is 20.1 Å². The number of carboxylic acids is 1. The van der Waals surface area contributed by atoms with Gasteiger partial charge in [0.25, 0.3) is 0 Å². The van der Waals surface area contributed by atoms with Crippen molar-refractivity contribution in [1.29, 1.82) is 0 Å². The van der Waals surface area contributed by atoms with Crippen molar-refractivity contribution < 1.29 is 23.5 Å². The topological polar surface area (TPSA) is 69.6 Å². The first kappa shape index (κ1) is 15.9. The van der Waals surface area contributed by atoms with E-state index in [4.69, 9.17) is 5.11 Å². The molecule has 5 nitrogen and oxygen atoms in total. The molecule has 0 aliphatic heterocycles. The number of carbonyl (C=O) groups excluding carboxylic acids is 1. The predicted octanol–water partition coefficient (Wildman–Crippen LogP) is 1.62. The second kappa shape index (κ2) is 7.42. The van der Waals surface area contributed by atoms with Gasteiger partial charge in [0.2, 0.25) is 0 Å². The van der Waals surface area contributed by atoms with Gasteiger partial charge in [0.05, 0.1) is 6.42 Å². The third-order valence-electron chi connectivity index (χ3n) is 2.71. The quantitative estimate of drug-likeness (QED) is 0.835. The van der Waals surface area contributed by atoms with Gasteiger partial charge in [-0.2, -0.15) is 0 Å². The van der Waals surface area contributed by atoms with Crippen molar-refractivity contribution in [3.05, 3.63) is 35.4 Å². The zero-order valence-corrected chi connectivity index (χ0v) is 11.0. The Morgan fingerprint density at radius 1 is 1.35 bits per heavy atom. The summed E-state index contributed by atoms with van der Waals surface area (Å²) < 4.78 is 26.3. The number of amides is 2. The van der Waals surface area contributed by atoms with Gasteiger partial charge in [0, 0.05) is 20.1 Å². The van der Waals surface area contributed by atoms with Crippen molar-refractivity contribution in [2.45, 2.75) is 12.8 Å². The second-order valence-corrected chi connectivity index (χ2v) is 4.26. The molecule has 0 radical (unpaired) electrons. The van der Waals surface area contributed by atoms with Gasteiger partial charge in [-0.3, -0.25) is 4.79 Å². The van der Waals surface area contributed by atoms with E-state index in [1.807, 2.05) is 0 Å². The summed E-state index contributed by atoms with van der Waals surface area (Å²) in [4.78, 5) is 23.1. The van der Waals surface area contributed by atoms with Gasteiger partial charge >= 0.3 is 12.0 Å². The molecular formula is C13H16F2N2O3. The molecule has 0 aromatic heterocycles. The number of aliphatic carboxylic acids is 1. The molecule has 0 saturated carbocycles. The van der Waals surface area contributed by atoms with E-state index in [0.717, 1.165) is 6.07 Å². The average molecular weight is 286 g/mol. The summed E-state index contributed by atoms with van der Waals surface area (Å²) >= 11 is 0. The van der Waals surface area contributed by atoms with Crippen LogP contribution in [0.3, 0.4) is 0 Å². The Morgan fingerprint density at radius 3 is 2.70 bits per heavy atom. The minimum Gasteiger partial charge on any atom is -0.481 e. The van der Waals surface area contributed by atoms with E-state index in [-0.39, 0.29) is 31.5 Å². The minimum absolute atomic E-state index is 0.0789. The molecule has 0 heterocycles. The fraction of sp³-hybridized carbons (Fsp3) is 0.385. The van der Waals surface area contributed by atoms with Crippen LogP contribution in [0.4, 0.5) is 13.6 Å². The molecule has 0 atom stereocenters. The first-order chi connectivity index (χ1) is 9.41. The van der Waals surface area contributed by atoms with E-state index < -0.39 is 23.6 Å². The zero-order valence-electron chi connectivity index (χ0n) is 11.0. The molecule has 0 aliphatic rings. The lowest BCUT2D eigenvalue weighted by Crippen LogP contribution is -2.39. The molecule has 0 spiro atoms. The van der Waals surface area contributed by atoms with E-state index in [2.05, 4.69) is 5.32 Å². The normalized spacial score (nSPS) is 10.2. The summed E-state index contributed by atoms with van der Waals surface area (Å²) in [6, 6.07) is 3.41. The molecule has 1 aromatic rings. The van der Waals surface area contributed by atoms with Crippen LogP contribution in [0.5, 0.6) is 0 Å². The Balaban J connectivity index is 2.38. The molecule has 1 aromatic carbocycles. The van der Waals surface area contributed by atoms with Crippen molar-refractivity contribution in [1.82, 2.24) is 10.2 Å². The Kier molecular flexibility index (Phi) is 5.89. The highest BCUT2D eigenvalue weighted by Gasteiger charge is 2.11. The van der Waals surface area contributed by atoms with Gasteiger partial charge in [0.15, 0.2) is 11.6 Å². The molecule has 1 rings (SSSR count).